The quantitative estimate of drug-likeness (QED) is 0.846. The van der Waals surface area contributed by atoms with Gasteiger partial charge in [0.05, 0.1) is 13.2 Å². The largest absolute Gasteiger partial charge is 0.477 e. The summed E-state index contributed by atoms with van der Waals surface area (Å²) in [5.41, 5.74) is -0.00928. The van der Waals surface area contributed by atoms with Gasteiger partial charge in [-0.15, -0.1) is 0 Å². The van der Waals surface area contributed by atoms with E-state index in [1.807, 2.05) is 27.7 Å². The van der Waals surface area contributed by atoms with Crippen molar-refractivity contribution < 1.29 is 14.3 Å². The zero-order valence-electron chi connectivity index (χ0n) is 12.3. The SMILES string of the molecule is CCOc1ncccc1C(=O)NCC(=O)NC(C)(C)C. The first-order chi connectivity index (χ1) is 9.33. The van der Waals surface area contributed by atoms with Crippen LogP contribution in [0, 0.1) is 0 Å². The van der Waals surface area contributed by atoms with Gasteiger partial charge in [-0.2, -0.15) is 0 Å². The molecule has 2 amide bonds. The van der Waals surface area contributed by atoms with Gasteiger partial charge in [0, 0.05) is 11.7 Å². The Balaban J connectivity index is 2.61. The lowest BCUT2D eigenvalue weighted by Crippen LogP contribution is -2.45. The Bertz CT molecular complexity index is 481. The molecule has 110 valence electrons. The highest BCUT2D eigenvalue weighted by Crippen LogP contribution is 2.13. The predicted octanol–water partition coefficient (Wildman–Crippen LogP) is 1.12. The van der Waals surface area contributed by atoms with Crippen LogP contribution in [0.4, 0.5) is 0 Å². The van der Waals surface area contributed by atoms with Crippen molar-refractivity contribution in [3.05, 3.63) is 23.9 Å². The zero-order valence-corrected chi connectivity index (χ0v) is 12.3. The van der Waals surface area contributed by atoms with Gasteiger partial charge in [0.15, 0.2) is 0 Å². The van der Waals surface area contributed by atoms with Gasteiger partial charge in [-0.1, -0.05) is 0 Å². The van der Waals surface area contributed by atoms with E-state index in [0.717, 1.165) is 0 Å². The highest BCUT2D eigenvalue weighted by molar-refractivity contribution is 5.98. The van der Waals surface area contributed by atoms with Crippen LogP contribution in [-0.4, -0.2) is 35.5 Å². The second-order valence-corrected chi connectivity index (χ2v) is 5.27. The third-order valence-electron chi connectivity index (χ3n) is 2.22. The Labute approximate surface area is 118 Å². The number of carbonyl (C=O) groups is 2. The minimum atomic E-state index is -0.384. The average molecular weight is 279 g/mol. The molecule has 6 heteroatoms. The van der Waals surface area contributed by atoms with Crippen molar-refractivity contribution in [3.63, 3.8) is 0 Å². The Morgan fingerprint density at radius 2 is 2.05 bits per heavy atom. The molecule has 0 aliphatic heterocycles. The van der Waals surface area contributed by atoms with Gasteiger partial charge in [-0.25, -0.2) is 4.98 Å². The smallest absolute Gasteiger partial charge is 0.257 e. The number of amides is 2. The first-order valence-electron chi connectivity index (χ1n) is 6.50. The van der Waals surface area contributed by atoms with Gasteiger partial charge in [0.1, 0.15) is 5.56 Å². The van der Waals surface area contributed by atoms with Crippen molar-refractivity contribution >= 4 is 11.8 Å². The standard InChI is InChI=1S/C14H21N3O3/c1-5-20-13-10(7-6-8-15-13)12(19)16-9-11(18)17-14(2,3)4/h6-8H,5,9H2,1-4H3,(H,16,19)(H,17,18). The number of nitrogens with zero attached hydrogens (tertiary/aromatic N) is 1. The molecule has 0 fully saturated rings. The summed E-state index contributed by atoms with van der Waals surface area (Å²) in [6.45, 7) is 7.77. The highest BCUT2D eigenvalue weighted by Gasteiger charge is 2.17. The summed E-state index contributed by atoms with van der Waals surface area (Å²) in [6, 6.07) is 3.25. The van der Waals surface area contributed by atoms with E-state index in [1.165, 1.54) is 0 Å². The third kappa shape index (κ3) is 5.26. The number of hydrogen-bond donors (Lipinski definition) is 2. The zero-order chi connectivity index (χ0) is 15.2. The maximum atomic E-state index is 12.0. The molecule has 0 aromatic carbocycles. The molecule has 0 unspecified atom stereocenters. The Morgan fingerprint density at radius 3 is 2.65 bits per heavy atom. The summed E-state index contributed by atoms with van der Waals surface area (Å²) in [4.78, 5) is 27.6. The van der Waals surface area contributed by atoms with Gasteiger partial charge in [-0.05, 0) is 39.8 Å². The van der Waals surface area contributed by atoms with E-state index >= 15 is 0 Å². The van der Waals surface area contributed by atoms with E-state index in [9.17, 15) is 9.59 Å². The third-order valence-corrected chi connectivity index (χ3v) is 2.22. The molecule has 0 saturated carbocycles. The highest BCUT2D eigenvalue weighted by atomic mass is 16.5. The molecule has 6 nitrogen and oxygen atoms in total. The van der Waals surface area contributed by atoms with Gasteiger partial charge < -0.3 is 15.4 Å². The molecule has 1 rings (SSSR count). The van der Waals surface area contributed by atoms with Gasteiger partial charge >= 0.3 is 0 Å². The van der Waals surface area contributed by atoms with Gasteiger partial charge in [0.2, 0.25) is 11.8 Å². The second-order valence-electron chi connectivity index (χ2n) is 5.27. The molecule has 0 aliphatic carbocycles. The van der Waals surface area contributed by atoms with E-state index in [0.29, 0.717) is 12.2 Å². The minimum absolute atomic E-state index is 0.0867. The van der Waals surface area contributed by atoms with Crippen molar-refractivity contribution in [1.82, 2.24) is 15.6 Å². The molecule has 1 aromatic heterocycles. The van der Waals surface area contributed by atoms with Crippen molar-refractivity contribution in [3.8, 4) is 5.88 Å². The number of aromatic nitrogens is 1. The Hall–Kier alpha value is -2.11. The van der Waals surface area contributed by atoms with E-state index in [1.54, 1.807) is 18.3 Å². The molecular formula is C14H21N3O3. The van der Waals surface area contributed by atoms with Crippen molar-refractivity contribution in [2.45, 2.75) is 33.2 Å². The lowest BCUT2D eigenvalue weighted by Gasteiger charge is -2.20. The predicted molar refractivity (Wildman–Crippen MR) is 75.6 cm³/mol. The molecule has 20 heavy (non-hydrogen) atoms. The number of hydrogen-bond acceptors (Lipinski definition) is 4. The lowest BCUT2D eigenvalue weighted by molar-refractivity contribution is -0.121. The van der Waals surface area contributed by atoms with Crippen LogP contribution in [0.5, 0.6) is 5.88 Å². The van der Waals surface area contributed by atoms with Crippen LogP contribution in [0.2, 0.25) is 0 Å². The van der Waals surface area contributed by atoms with E-state index in [2.05, 4.69) is 15.6 Å². The average Bonchev–Trinajstić information content (AvgIpc) is 2.35. The van der Waals surface area contributed by atoms with Crippen molar-refractivity contribution in [2.75, 3.05) is 13.2 Å². The second kappa shape index (κ2) is 6.88. The number of pyridine rings is 1. The molecule has 0 atom stereocenters. The van der Waals surface area contributed by atoms with Gasteiger partial charge in [-0.3, -0.25) is 9.59 Å². The van der Waals surface area contributed by atoms with E-state index in [4.69, 9.17) is 4.74 Å². The summed E-state index contributed by atoms with van der Waals surface area (Å²) in [5.74, 6) is -0.359. The minimum Gasteiger partial charge on any atom is -0.477 e. The number of rotatable bonds is 5. The fourth-order valence-corrected chi connectivity index (χ4v) is 1.53. The first kappa shape index (κ1) is 15.9. The summed E-state index contributed by atoms with van der Waals surface area (Å²) >= 11 is 0. The summed E-state index contributed by atoms with van der Waals surface area (Å²) in [5, 5.41) is 5.31. The van der Waals surface area contributed by atoms with Crippen molar-refractivity contribution in [1.29, 1.82) is 0 Å². The normalized spacial score (nSPS) is 10.8. The number of nitrogens with one attached hydrogen (secondary N) is 2. The lowest BCUT2D eigenvalue weighted by atomic mass is 10.1. The van der Waals surface area contributed by atoms with Gasteiger partial charge in [0.25, 0.3) is 5.91 Å². The topological polar surface area (TPSA) is 80.3 Å². The fraction of sp³-hybridized carbons (Fsp3) is 0.500. The van der Waals surface area contributed by atoms with Crippen molar-refractivity contribution in [2.24, 2.45) is 0 Å². The van der Waals surface area contributed by atoms with Crippen LogP contribution in [0.1, 0.15) is 38.1 Å². The molecule has 0 spiro atoms. The summed E-state index contributed by atoms with van der Waals surface area (Å²) in [6.07, 6.45) is 1.55. The van der Waals surface area contributed by atoms with Crippen LogP contribution >= 0.6 is 0 Å². The molecule has 0 bridgehead atoms. The summed E-state index contributed by atoms with van der Waals surface area (Å²) in [7, 11) is 0. The molecule has 1 heterocycles. The Morgan fingerprint density at radius 1 is 1.35 bits per heavy atom. The maximum Gasteiger partial charge on any atom is 0.257 e. The Kier molecular flexibility index (Phi) is 5.49. The number of ether oxygens (including phenoxy) is 1. The molecule has 1 aromatic rings. The monoisotopic (exact) mass is 279 g/mol. The van der Waals surface area contributed by atoms with Crippen LogP contribution in [0.15, 0.2) is 18.3 Å². The van der Waals surface area contributed by atoms with Crippen LogP contribution in [-0.2, 0) is 4.79 Å². The molecule has 0 aliphatic rings. The fourth-order valence-electron chi connectivity index (χ4n) is 1.53. The van der Waals surface area contributed by atoms with E-state index < -0.39 is 0 Å². The molecule has 2 N–H and O–H groups in total. The molecule has 0 saturated heterocycles. The molecular weight excluding hydrogens is 258 g/mol. The summed E-state index contributed by atoms with van der Waals surface area (Å²) < 4.78 is 5.27. The van der Waals surface area contributed by atoms with Crippen LogP contribution < -0.4 is 15.4 Å². The first-order valence-corrected chi connectivity index (χ1v) is 6.50. The molecule has 0 radical (unpaired) electrons. The van der Waals surface area contributed by atoms with Crippen LogP contribution in [0.25, 0.3) is 0 Å². The number of carbonyl (C=O) groups excluding carboxylic acids is 2. The van der Waals surface area contributed by atoms with Crippen LogP contribution in [0.3, 0.4) is 0 Å². The van der Waals surface area contributed by atoms with E-state index in [-0.39, 0.29) is 29.8 Å². The maximum absolute atomic E-state index is 12.0.